The third-order valence-electron chi connectivity index (χ3n) is 1.97. The van der Waals surface area contributed by atoms with Crippen molar-refractivity contribution in [3.63, 3.8) is 0 Å². The minimum Gasteiger partial charge on any atom is -0.465 e. The molecule has 0 spiro atoms. The van der Waals surface area contributed by atoms with Gasteiger partial charge < -0.3 is 4.74 Å². The van der Waals surface area contributed by atoms with E-state index in [9.17, 15) is 4.79 Å². The Morgan fingerprint density at radius 1 is 1.43 bits per heavy atom. The van der Waals surface area contributed by atoms with E-state index in [0.717, 1.165) is 5.56 Å². The van der Waals surface area contributed by atoms with Crippen LogP contribution in [0.4, 0.5) is 0 Å². The van der Waals surface area contributed by atoms with Gasteiger partial charge in [-0.25, -0.2) is 0 Å². The van der Waals surface area contributed by atoms with Crippen molar-refractivity contribution < 1.29 is 9.53 Å². The van der Waals surface area contributed by atoms with E-state index in [-0.39, 0.29) is 5.97 Å². The third-order valence-corrected chi connectivity index (χ3v) is 2.76. The summed E-state index contributed by atoms with van der Waals surface area (Å²) < 4.78 is 4.23. The summed E-state index contributed by atoms with van der Waals surface area (Å²) in [6.45, 7) is 3.99. The summed E-state index contributed by atoms with van der Waals surface area (Å²) in [7, 11) is 0. The molecule has 0 heterocycles. The first-order valence-corrected chi connectivity index (χ1v) is 5.30. The maximum atomic E-state index is 11.6. The van der Waals surface area contributed by atoms with Gasteiger partial charge in [-0.05, 0) is 19.4 Å². The number of rotatable bonds is 3. The summed E-state index contributed by atoms with van der Waals surface area (Å²) in [5.74, 6) is -0.258. The van der Waals surface area contributed by atoms with Crippen molar-refractivity contribution in [3.05, 3.63) is 35.9 Å². The second-order valence-corrected chi connectivity index (χ2v) is 4.68. The highest BCUT2D eigenvalue weighted by atomic mass is 79.9. The Morgan fingerprint density at radius 2 is 2.00 bits per heavy atom. The molecule has 0 unspecified atom stereocenters. The Morgan fingerprint density at radius 3 is 2.50 bits per heavy atom. The van der Waals surface area contributed by atoms with Crippen molar-refractivity contribution in [3.8, 4) is 0 Å². The first-order valence-electron chi connectivity index (χ1n) is 4.50. The summed E-state index contributed by atoms with van der Waals surface area (Å²) in [6.07, 6.45) is 0. The van der Waals surface area contributed by atoms with Crippen molar-refractivity contribution in [2.75, 3.05) is 6.61 Å². The lowest BCUT2D eigenvalue weighted by Crippen LogP contribution is -2.27. The van der Waals surface area contributed by atoms with E-state index in [0.29, 0.717) is 6.61 Å². The van der Waals surface area contributed by atoms with Gasteiger partial charge in [0.05, 0.1) is 6.61 Å². The molecular formula is C11H13BrO2. The summed E-state index contributed by atoms with van der Waals surface area (Å²) in [4.78, 5) is 11.6. The quantitative estimate of drug-likeness (QED) is 0.614. The number of carbonyl (C=O) groups excluding carboxylic acids is 1. The Labute approximate surface area is 92.4 Å². The number of alkyl halides is 1. The molecule has 0 bridgehead atoms. The van der Waals surface area contributed by atoms with Crippen LogP contribution in [0.2, 0.25) is 0 Å². The largest absolute Gasteiger partial charge is 0.465 e. The molecule has 0 aliphatic carbocycles. The normalized spacial score (nSPS) is 14.5. The third kappa shape index (κ3) is 2.35. The van der Waals surface area contributed by atoms with Gasteiger partial charge in [0.25, 0.3) is 0 Å². The van der Waals surface area contributed by atoms with E-state index in [1.165, 1.54) is 0 Å². The number of benzene rings is 1. The van der Waals surface area contributed by atoms with Gasteiger partial charge in [-0.15, -0.1) is 0 Å². The van der Waals surface area contributed by atoms with Gasteiger partial charge in [-0.2, -0.15) is 0 Å². The summed E-state index contributed by atoms with van der Waals surface area (Å²) in [6, 6.07) is 9.50. The van der Waals surface area contributed by atoms with Crippen molar-refractivity contribution in [2.45, 2.75) is 18.2 Å². The highest BCUT2D eigenvalue weighted by molar-refractivity contribution is 9.10. The molecule has 14 heavy (non-hydrogen) atoms. The minimum absolute atomic E-state index is 0.258. The molecule has 76 valence electrons. The number of ether oxygens (including phenoxy) is 1. The monoisotopic (exact) mass is 256 g/mol. The van der Waals surface area contributed by atoms with Crippen LogP contribution in [-0.2, 0) is 13.9 Å². The fourth-order valence-corrected chi connectivity index (χ4v) is 1.51. The maximum Gasteiger partial charge on any atom is 0.327 e. The number of hydrogen-bond donors (Lipinski definition) is 0. The number of carbonyl (C=O) groups is 1. The average molecular weight is 257 g/mol. The fourth-order valence-electron chi connectivity index (χ4n) is 1.14. The molecule has 0 saturated carbocycles. The second kappa shape index (κ2) is 4.60. The second-order valence-electron chi connectivity index (χ2n) is 3.09. The van der Waals surface area contributed by atoms with E-state index < -0.39 is 4.32 Å². The zero-order valence-electron chi connectivity index (χ0n) is 8.29. The summed E-state index contributed by atoms with van der Waals surface area (Å²) in [5, 5.41) is 0. The molecule has 0 radical (unpaired) electrons. The summed E-state index contributed by atoms with van der Waals surface area (Å²) >= 11 is 3.38. The smallest absolute Gasteiger partial charge is 0.327 e. The lowest BCUT2D eigenvalue weighted by molar-refractivity contribution is -0.145. The van der Waals surface area contributed by atoms with Gasteiger partial charge >= 0.3 is 5.97 Å². The molecule has 0 N–H and O–H groups in total. The van der Waals surface area contributed by atoms with E-state index in [1.54, 1.807) is 13.8 Å². The van der Waals surface area contributed by atoms with Gasteiger partial charge in [0.1, 0.15) is 4.32 Å². The molecule has 0 amide bonds. The van der Waals surface area contributed by atoms with Crippen LogP contribution in [-0.4, -0.2) is 12.6 Å². The molecule has 0 saturated heterocycles. The molecule has 0 aromatic heterocycles. The lowest BCUT2D eigenvalue weighted by Gasteiger charge is -2.20. The van der Waals surface area contributed by atoms with E-state index >= 15 is 0 Å². The highest BCUT2D eigenvalue weighted by Gasteiger charge is 2.33. The maximum absolute atomic E-state index is 11.6. The zero-order valence-corrected chi connectivity index (χ0v) is 9.87. The van der Waals surface area contributed by atoms with Crippen molar-refractivity contribution >= 4 is 21.9 Å². The molecular weight excluding hydrogens is 244 g/mol. The first kappa shape index (κ1) is 11.2. The van der Waals surface area contributed by atoms with Crippen LogP contribution < -0.4 is 0 Å². The SMILES string of the molecule is CCOC(=O)[C@](C)(Br)c1ccccc1. The number of hydrogen-bond acceptors (Lipinski definition) is 2. The van der Waals surface area contributed by atoms with Crippen LogP contribution in [0.25, 0.3) is 0 Å². The fraction of sp³-hybridized carbons (Fsp3) is 0.364. The molecule has 1 aromatic carbocycles. The zero-order chi connectivity index (χ0) is 10.6. The molecule has 1 rings (SSSR count). The van der Waals surface area contributed by atoms with Gasteiger partial charge in [-0.1, -0.05) is 46.3 Å². The van der Waals surface area contributed by atoms with Crippen LogP contribution in [0.1, 0.15) is 19.4 Å². The average Bonchev–Trinajstić information content (AvgIpc) is 2.19. The van der Waals surface area contributed by atoms with Gasteiger partial charge in [-0.3, -0.25) is 4.79 Å². The van der Waals surface area contributed by atoms with Crippen LogP contribution in [0.15, 0.2) is 30.3 Å². The van der Waals surface area contributed by atoms with Crippen molar-refractivity contribution in [1.29, 1.82) is 0 Å². The van der Waals surface area contributed by atoms with Gasteiger partial charge in [0.2, 0.25) is 0 Å². The first-order chi connectivity index (χ1) is 6.59. The topological polar surface area (TPSA) is 26.3 Å². The molecule has 1 atom stereocenters. The Hall–Kier alpha value is -0.830. The van der Waals surface area contributed by atoms with Gasteiger partial charge in [0, 0.05) is 0 Å². The summed E-state index contributed by atoms with van der Waals surface area (Å²) in [5.41, 5.74) is 0.901. The van der Waals surface area contributed by atoms with E-state index in [1.807, 2.05) is 30.3 Å². The van der Waals surface area contributed by atoms with Crippen LogP contribution in [0.3, 0.4) is 0 Å². The van der Waals surface area contributed by atoms with E-state index in [4.69, 9.17) is 4.74 Å². The molecule has 3 heteroatoms. The Kier molecular flexibility index (Phi) is 3.69. The number of halogens is 1. The molecule has 0 aliphatic heterocycles. The molecule has 2 nitrogen and oxygen atoms in total. The number of esters is 1. The van der Waals surface area contributed by atoms with Gasteiger partial charge in [0.15, 0.2) is 0 Å². The Balaban J connectivity index is 2.90. The highest BCUT2D eigenvalue weighted by Crippen LogP contribution is 2.31. The standard InChI is InChI=1S/C11H13BrO2/c1-3-14-10(13)11(2,12)9-7-5-4-6-8-9/h4-8H,3H2,1-2H3/t11-/m1/s1. The van der Waals surface area contributed by atoms with Crippen molar-refractivity contribution in [1.82, 2.24) is 0 Å². The predicted molar refractivity (Wildman–Crippen MR) is 59.4 cm³/mol. The molecule has 1 aromatic rings. The van der Waals surface area contributed by atoms with Crippen LogP contribution >= 0.6 is 15.9 Å². The van der Waals surface area contributed by atoms with E-state index in [2.05, 4.69) is 15.9 Å². The van der Waals surface area contributed by atoms with Crippen LogP contribution in [0.5, 0.6) is 0 Å². The lowest BCUT2D eigenvalue weighted by atomic mass is 10.0. The Bertz CT molecular complexity index is 306. The predicted octanol–water partition coefficient (Wildman–Crippen LogP) is 2.86. The van der Waals surface area contributed by atoms with Crippen LogP contribution in [0, 0.1) is 0 Å². The molecule has 0 aliphatic rings. The molecule has 0 fully saturated rings. The minimum atomic E-state index is -0.746. The van der Waals surface area contributed by atoms with Crippen molar-refractivity contribution in [2.24, 2.45) is 0 Å².